The van der Waals surface area contributed by atoms with Gasteiger partial charge in [0.1, 0.15) is 6.04 Å². The van der Waals surface area contributed by atoms with Crippen molar-refractivity contribution < 1.29 is 9.53 Å². The maximum Gasteiger partial charge on any atom is 0.324 e. The van der Waals surface area contributed by atoms with E-state index in [0.29, 0.717) is 0 Å². The van der Waals surface area contributed by atoms with Crippen molar-refractivity contribution in [3.63, 3.8) is 0 Å². The Morgan fingerprint density at radius 2 is 2.20 bits per heavy atom. The first-order valence-corrected chi connectivity index (χ1v) is 7.89. The molecule has 0 radical (unpaired) electrons. The van der Waals surface area contributed by atoms with E-state index in [1.54, 1.807) is 0 Å². The molecule has 0 aromatic heterocycles. The predicted octanol–water partition coefficient (Wildman–Crippen LogP) is 0.554. The minimum atomic E-state index is -0.192. The Morgan fingerprint density at radius 1 is 1.40 bits per heavy atom. The molecule has 20 heavy (non-hydrogen) atoms. The number of rotatable bonds is 5. The molecule has 116 valence electrons. The standard InChI is InChI=1S/C15H29N3O2/c1-4-16-13(15(19)20-3)11-18-9-7-14-12(10-18)6-5-8-17(14)2/h12-14,16H,4-11H2,1-3H3. The van der Waals surface area contributed by atoms with Gasteiger partial charge >= 0.3 is 5.97 Å². The number of hydrogen-bond donors (Lipinski definition) is 1. The predicted molar refractivity (Wildman–Crippen MR) is 79.7 cm³/mol. The molecule has 2 heterocycles. The highest BCUT2D eigenvalue weighted by atomic mass is 16.5. The van der Waals surface area contributed by atoms with E-state index in [9.17, 15) is 4.79 Å². The third kappa shape index (κ3) is 3.71. The molecule has 0 amide bonds. The summed E-state index contributed by atoms with van der Waals surface area (Å²) in [6, 6.07) is 0.554. The molecule has 0 aromatic carbocycles. The highest BCUT2D eigenvalue weighted by molar-refractivity contribution is 5.75. The molecular weight excluding hydrogens is 254 g/mol. The molecule has 5 heteroatoms. The highest BCUT2D eigenvalue weighted by Crippen LogP contribution is 2.29. The third-order valence-corrected chi connectivity index (χ3v) is 4.81. The Morgan fingerprint density at radius 3 is 2.90 bits per heavy atom. The molecule has 0 spiro atoms. The lowest BCUT2D eigenvalue weighted by Crippen LogP contribution is -2.55. The Balaban J connectivity index is 1.88. The van der Waals surface area contributed by atoms with E-state index in [1.807, 2.05) is 6.92 Å². The van der Waals surface area contributed by atoms with Crippen LogP contribution >= 0.6 is 0 Å². The van der Waals surface area contributed by atoms with Gasteiger partial charge in [0.15, 0.2) is 0 Å². The van der Waals surface area contributed by atoms with Gasteiger partial charge in [0.05, 0.1) is 7.11 Å². The molecule has 2 fully saturated rings. The van der Waals surface area contributed by atoms with Crippen LogP contribution in [0.15, 0.2) is 0 Å². The summed E-state index contributed by atoms with van der Waals surface area (Å²) in [5, 5.41) is 3.23. The second-order valence-electron chi connectivity index (χ2n) is 6.13. The number of fused-ring (bicyclic) bond motifs is 1. The van der Waals surface area contributed by atoms with Crippen LogP contribution in [0.1, 0.15) is 26.2 Å². The van der Waals surface area contributed by atoms with Gasteiger partial charge < -0.3 is 19.9 Å². The van der Waals surface area contributed by atoms with Gasteiger partial charge in [-0.25, -0.2) is 0 Å². The molecule has 0 bridgehead atoms. The SMILES string of the molecule is CCNC(CN1CCC2C(CCCN2C)C1)C(=O)OC. The van der Waals surface area contributed by atoms with Crippen LogP contribution in [-0.4, -0.2) is 74.7 Å². The average Bonchev–Trinajstić information content (AvgIpc) is 2.46. The molecule has 1 N–H and O–H groups in total. The van der Waals surface area contributed by atoms with E-state index in [-0.39, 0.29) is 12.0 Å². The number of carbonyl (C=O) groups excluding carboxylic acids is 1. The summed E-state index contributed by atoms with van der Waals surface area (Å²) < 4.78 is 4.89. The summed E-state index contributed by atoms with van der Waals surface area (Å²) in [7, 11) is 3.72. The van der Waals surface area contributed by atoms with E-state index >= 15 is 0 Å². The van der Waals surface area contributed by atoms with Crippen molar-refractivity contribution in [2.75, 3.05) is 46.9 Å². The molecule has 3 unspecified atom stereocenters. The number of methoxy groups -OCH3 is 1. The summed E-state index contributed by atoms with van der Waals surface area (Å²) in [6.07, 6.45) is 3.86. The van der Waals surface area contributed by atoms with Gasteiger partial charge in [-0.15, -0.1) is 0 Å². The quantitative estimate of drug-likeness (QED) is 0.747. The van der Waals surface area contributed by atoms with E-state index in [0.717, 1.165) is 38.1 Å². The van der Waals surface area contributed by atoms with Crippen molar-refractivity contribution in [1.82, 2.24) is 15.1 Å². The first-order valence-electron chi connectivity index (χ1n) is 7.89. The van der Waals surface area contributed by atoms with Gasteiger partial charge in [0.2, 0.25) is 0 Å². The van der Waals surface area contributed by atoms with E-state index < -0.39 is 0 Å². The van der Waals surface area contributed by atoms with Crippen molar-refractivity contribution in [2.45, 2.75) is 38.3 Å². The molecule has 0 aromatic rings. The van der Waals surface area contributed by atoms with Crippen LogP contribution in [0, 0.1) is 5.92 Å². The van der Waals surface area contributed by atoms with Gasteiger partial charge in [-0.05, 0) is 51.9 Å². The van der Waals surface area contributed by atoms with E-state index in [2.05, 4.69) is 22.2 Å². The van der Waals surface area contributed by atoms with Crippen LogP contribution in [0.3, 0.4) is 0 Å². The first-order chi connectivity index (χ1) is 9.65. The lowest BCUT2D eigenvalue weighted by atomic mass is 9.84. The topological polar surface area (TPSA) is 44.8 Å². The highest BCUT2D eigenvalue weighted by Gasteiger charge is 2.35. The van der Waals surface area contributed by atoms with Gasteiger partial charge in [-0.3, -0.25) is 4.79 Å². The minimum absolute atomic E-state index is 0.144. The maximum atomic E-state index is 11.8. The summed E-state index contributed by atoms with van der Waals surface area (Å²) in [6.45, 7) is 7.04. The smallest absolute Gasteiger partial charge is 0.324 e. The van der Waals surface area contributed by atoms with Crippen LogP contribution < -0.4 is 5.32 Å². The number of carbonyl (C=O) groups is 1. The summed E-state index contributed by atoms with van der Waals surface area (Å²) in [5.41, 5.74) is 0. The van der Waals surface area contributed by atoms with E-state index in [1.165, 1.54) is 32.9 Å². The second kappa shape index (κ2) is 7.38. The molecule has 0 aliphatic carbocycles. The van der Waals surface area contributed by atoms with Gasteiger partial charge in [0.25, 0.3) is 0 Å². The molecule has 3 atom stereocenters. The monoisotopic (exact) mass is 283 g/mol. The van der Waals surface area contributed by atoms with Crippen LogP contribution in [0.4, 0.5) is 0 Å². The average molecular weight is 283 g/mol. The maximum absolute atomic E-state index is 11.8. The van der Waals surface area contributed by atoms with Crippen LogP contribution in [-0.2, 0) is 9.53 Å². The van der Waals surface area contributed by atoms with Crippen molar-refractivity contribution in [2.24, 2.45) is 5.92 Å². The zero-order chi connectivity index (χ0) is 14.5. The first kappa shape index (κ1) is 15.7. The zero-order valence-corrected chi connectivity index (χ0v) is 13.1. The number of nitrogens with zero attached hydrogens (tertiary/aromatic N) is 2. The van der Waals surface area contributed by atoms with Crippen molar-refractivity contribution in [3.05, 3.63) is 0 Å². The Kier molecular flexibility index (Phi) is 5.81. The van der Waals surface area contributed by atoms with Crippen LogP contribution in [0.5, 0.6) is 0 Å². The molecule has 2 aliphatic rings. The fraction of sp³-hybridized carbons (Fsp3) is 0.933. The fourth-order valence-electron chi connectivity index (χ4n) is 3.76. The molecule has 2 rings (SSSR count). The summed E-state index contributed by atoms with van der Waals surface area (Å²) in [4.78, 5) is 16.7. The lowest BCUT2D eigenvalue weighted by Gasteiger charge is -2.46. The lowest BCUT2D eigenvalue weighted by molar-refractivity contribution is -0.143. The largest absolute Gasteiger partial charge is 0.468 e. The molecule has 2 aliphatic heterocycles. The number of esters is 1. The Labute approximate surface area is 122 Å². The number of likely N-dealkylation sites (tertiary alicyclic amines) is 2. The Bertz CT molecular complexity index is 324. The summed E-state index contributed by atoms with van der Waals surface area (Å²) in [5.74, 6) is 0.622. The molecular formula is C15H29N3O2. The van der Waals surface area contributed by atoms with Crippen molar-refractivity contribution in [1.29, 1.82) is 0 Å². The second-order valence-corrected chi connectivity index (χ2v) is 6.13. The van der Waals surface area contributed by atoms with Crippen molar-refractivity contribution >= 4 is 5.97 Å². The van der Waals surface area contributed by atoms with Crippen molar-refractivity contribution in [3.8, 4) is 0 Å². The molecule has 0 saturated carbocycles. The number of piperidine rings is 2. The molecule has 5 nitrogen and oxygen atoms in total. The summed E-state index contributed by atoms with van der Waals surface area (Å²) >= 11 is 0. The van der Waals surface area contributed by atoms with E-state index in [4.69, 9.17) is 4.74 Å². The molecule has 2 saturated heterocycles. The number of likely N-dealkylation sites (N-methyl/N-ethyl adjacent to an activating group) is 1. The number of nitrogens with one attached hydrogen (secondary N) is 1. The number of ether oxygens (including phenoxy) is 1. The minimum Gasteiger partial charge on any atom is -0.468 e. The fourth-order valence-corrected chi connectivity index (χ4v) is 3.76. The van der Waals surface area contributed by atoms with Gasteiger partial charge in [0, 0.05) is 19.1 Å². The zero-order valence-electron chi connectivity index (χ0n) is 13.1. The number of hydrogen-bond acceptors (Lipinski definition) is 5. The third-order valence-electron chi connectivity index (χ3n) is 4.81. The normalized spacial score (nSPS) is 29.8. The Hall–Kier alpha value is -0.650. The van der Waals surface area contributed by atoms with Crippen LogP contribution in [0.2, 0.25) is 0 Å². The van der Waals surface area contributed by atoms with Gasteiger partial charge in [-0.2, -0.15) is 0 Å². The van der Waals surface area contributed by atoms with Crippen LogP contribution in [0.25, 0.3) is 0 Å². The van der Waals surface area contributed by atoms with Gasteiger partial charge in [-0.1, -0.05) is 6.92 Å².